The highest BCUT2D eigenvalue weighted by atomic mass is 32.2. The average Bonchev–Trinajstić information content (AvgIpc) is 2.59. The van der Waals surface area contributed by atoms with Crippen molar-refractivity contribution in [1.82, 2.24) is 9.62 Å². The second kappa shape index (κ2) is 7.77. The number of piperidine rings is 1. The van der Waals surface area contributed by atoms with Crippen molar-refractivity contribution in [3.63, 3.8) is 0 Å². The van der Waals surface area contributed by atoms with Gasteiger partial charge in [0, 0.05) is 36.7 Å². The van der Waals surface area contributed by atoms with Gasteiger partial charge in [0.2, 0.25) is 10.0 Å². The first-order chi connectivity index (χ1) is 12.4. The molecule has 2 aromatic rings. The molecule has 3 rings (SSSR count). The van der Waals surface area contributed by atoms with Gasteiger partial charge in [0.25, 0.3) is 0 Å². The molecule has 0 saturated carbocycles. The third-order valence-corrected chi connectivity index (χ3v) is 5.43. The van der Waals surface area contributed by atoms with Crippen molar-refractivity contribution in [2.75, 3.05) is 26.5 Å². The Morgan fingerprint density at radius 3 is 2.85 bits per heavy atom. The van der Waals surface area contributed by atoms with Crippen LogP contribution in [0.4, 0.5) is 0 Å². The maximum Gasteiger partial charge on any atom is 0.336 e. The fourth-order valence-electron chi connectivity index (χ4n) is 3.43. The monoisotopic (exact) mass is 380 g/mol. The molecule has 0 unspecified atom stereocenters. The molecule has 7 nitrogen and oxygen atoms in total. The summed E-state index contributed by atoms with van der Waals surface area (Å²) < 4.78 is 36.0. The first-order valence-electron chi connectivity index (χ1n) is 8.65. The number of hydrogen-bond acceptors (Lipinski definition) is 6. The van der Waals surface area contributed by atoms with E-state index in [1.807, 2.05) is 12.1 Å². The Hall–Kier alpha value is -1.90. The van der Waals surface area contributed by atoms with Gasteiger partial charge in [-0.2, -0.15) is 0 Å². The van der Waals surface area contributed by atoms with Crippen molar-refractivity contribution in [2.24, 2.45) is 0 Å². The minimum atomic E-state index is -3.22. The number of nitrogens with zero attached hydrogens (tertiary/aromatic N) is 1. The number of benzene rings is 1. The summed E-state index contributed by atoms with van der Waals surface area (Å²) in [6.07, 6.45) is 4.23. The van der Waals surface area contributed by atoms with Crippen LogP contribution >= 0.6 is 0 Å². The molecule has 1 aliphatic rings. The van der Waals surface area contributed by atoms with Gasteiger partial charge < -0.3 is 9.15 Å². The van der Waals surface area contributed by atoms with Gasteiger partial charge in [-0.1, -0.05) is 6.42 Å². The van der Waals surface area contributed by atoms with Gasteiger partial charge in [0.05, 0.1) is 13.4 Å². The van der Waals surface area contributed by atoms with Crippen LogP contribution in [0.25, 0.3) is 11.0 Å². The summed E-state index contributed by atoms with van der Waals surface area (Å²) in [5.41, 5.74) is 0.975. The Labute approximate surface area is 153 Å². The topological polar surface area (TPSA) is 88.9 Å². The zero-order chi connectivity index (χ0) is 18.7. The summed E-state index contributed by atoms with van der Waals surface area (Å²) in [6, 6.07) is 7.06. The van der Waals surface area contributed by atoms with Crippen LogP contribution in [0.15, 0.2) is 33.5 Å². The number of nitrogens with one attached hydrogen (secondary N) is 1. The van der Waals surface area contributed by atoms with Gasteiger partial charge in [0.15, 0.2) is 0 Å². The highest BCUT2D eigenvalue weighted by molar-refractivity contribution is 7.88. The van der Waals surface area contributed by atoms with E-state index in [0.717, 1.165) is 36.8 Å². The van der Waals surface area contributed by atoms with E-state index in [4.69, 9.17) is 9.15 Å². The molecule has 0 amide bonds. The molecular weight excluding hydrogens is 356 g/mol. The van der Waals surface area contributed by atoms with Crippen LogP contribution in [-0.4, -0.2) is 45.8 Å². The van der Waals surface area contributed by atoms with E-state index in [-0.39, 0.29) is 6.04 Å². The molecule has 0 aliphatic carbocycles. The Morgan fingerprint density at radius 2 is 2.12 bits per heavy atom. The minimum Gasteiger partial charge on any atom is -0.497 e. The molecule has 142 valence electrons. The molecule has 1 aliphatic heterocycles. The molecular formula is C18H24N2O5S. The van der Waals surface area contributed by atoms with Gasteiger partial charge >= 0.3 is 5.63 Å². The second-order valence-electron chi connectivity index (χ2n) is 6.69. The van der Waals surface area contributed by atoms with Crippen LogP contribution in [-0.2, 0) is 16.6 Å². The van der Waals surface area contributed by atoms with E-state index in [1.165, 1.54) is 12.3 Å². The van der Waals surface area contributed by atoms with Crippen LogP contribution in [0.2, 0.25) is 0 Å². The summed E-state index contributed by atoms with van der Waals surface area (Å²) in [6.45, 7) is 1.82. The van der Waals surface area contributed by atoms with Crippen molar-refractivity contribution >= 4 is 21.0 Å². The normalized spacial score (nSPS) is 18.9. The molecule has 0 radical (unpaired) electrons. The lowest BCUT2D eigenvalue weighted by atomic mass is 10.0. The molecule has 1 aromatic heterocycles. The zero-order valence-corrected chi connectivity index (χ0v) is 15.8. The SMILES string of the molecule is COc1ccc2c(CN3CCCC[C@H]3CNS(C)(=O)=O)cc(=O)oc2c1. The van der Waals surface area contributed by atoms with Crippen molar-refractivity contribution in [3.8, 4) is 5.75 Å². The molecule has 1 atom stereocenters. The van der Waals surface area contributed by atoms with Gasteiger partial charge in [-0.15, -0.1) is 0 Å². The lowest BCUT2D eigenvalue weighted by Crippen LogP contribution is -2.46. The van der Waals surface area contributed by atoms with Crippen LogP contribution in [0.5, 0.6) is 5.75 Å². The smallest absolute Gasteiger partial charge is 0.336 e. The van der Waals surface area contributed by atoms with Crippen LogP contribution < -0.4 is 15.1 Å². The lowest BCUT2D eigenvalue weighted by molar-refractivity contribution is 0.142. The Balaban J connectivity index is 1.87. The van der Waals surface area contributed by atoms with Gasteiger partial charge in [0.1, 0.15) is 11.3 Å². The summed E-state index contributed by atoms with van der Waals surface area (Å²) >= 11 is 0. The van der Waals surface area contributed by atoms with Crippen molar-refractivity contribution in [2.45, 2.75) is 31.8 Å². The molecule has 26 heavy (non-hydrogen) atoms. The molecule has 1 aromatic carbocycles. The number of ether oxygens (including phenoxy) is 1. The number of likely N-dealkylation sites (tertiary alicyclic amines) is 1. The highest BCUT2D eigenvalue weighted by Gasteiger charge is 2.24. The van der Waals surface area contributed by atoms with E-state index in [9.17, 15) is 13.2 Å². The molecule has 1 saturated heterocycles. The Bertz CT molecular complexity index is 938. The number of methoxy groups -OCH3 is 1. The fraction of sp³-hybridized carbons (Fsp3) is 0.500. The minimum absolute atomic E-state index is 0.110. The largest absolute Gasteiger partial charge is 0.497 e. The van der Waals surface area contributed by atoms with Crippen LogP contribution in [0.1, 0.15) is 24.8 Å². The second-order valence-corrected chi connectivity index (χ2v) is 8.53. The predicted octanol–water partition coefficient (Wildman–Crippen LogP) is 1.71. The summed E-state index contributed by atoms with van der Waals surface area (Å²) in [5.74, 6) is 0.631. The summed E-state index contributed by atoms with van der Waals surface area (Å²) in [4.78, 5) is 14.2. The van der Waals surface area contributed by atoms with Crippen LogP contribution in [0, 0.1) is 0 Å². The molecule has 0 spiro atoms. The standard InChI is InChI=1S/C18H24N2O5S/c1-24-15-6-7-16-13(9-18(21)25-17(16)10-15)12-20-8-4-3-5-14(20)11-19-26(2,22)23/h6-7,9-10,14,19H,3-5,8,11-12H2,1-2H3/t14-/m0/s1. The molecule has 1 fully saturated rings. The highest BCUT2D eigenvalue weighted by Crippen LogP contribution is 2.25. The van der Waals surface area contributed by atoms with Gasteiger partial charge in [-0.25, -0.2) is 17.9 Å². The third kappa shape index (κ3) is 4.63. The first kappa shape index (κ1) is 18.9. The molecule has 0 bridgehead atoms. The first-order valence-corrected chi connectivity index (χ1v) is 10.5. The Kier molecular flexibility index (Phi) is 5.64. The molecule has 2 heterocycles. The predicted molar refractivity (Wildman–Crippen MR) is 99.9 cm³/mol. The van der Waals surface area contributed by atoms with Crippen molar-refractivity contribution < 1.29 is 17.6 Å². The van der Waals surface area contributed by atoms with Crippen molar-refractivity contribution in [3.05, 3.63) is 40.2 Å². The van der Waals surface area contributed by atoms with E-state index in [2.05, 4.69) is 9.62 Å². The Morgan fingerprint density at radius 1 is 1.31 bits per heavy atom. The molecule has 1 N–H and O–H groups in total. The summed E-state index contributed by atoms with van der Waals surface area (Å²) in [7, 11) is -1.66. The van der Waals surface area contributed by atoms with E-state index in [0.29, 0.717) is 24.4 Å². The number of fused-ring (bicyclic) bond motifs is 1. The number of sulfonamides is 1. The van der Waals surface area contributed by atoms with E-state index >= 15 is 0 Å². The lowest BCUT2D eigenvalue weighted by Gasteiger charge is -2.35. The maximum atomic E-state index is 12.0. The summed E-state index contributed by atoms with van der Waals surface area (Å²) in [5, 5.41) is 0.866. The van der Waals surface area contributed by atoms with Crippen molar-refractivity contribution in [1.29, 1.82) is 0 Å². The maximum absolute atomic E-state index is 12.0. The average molecular weight is 380 g/mol. The van der Waals surface area contributed by atoms with Gasteiger partial charge in [-0.3, -0.25) is 4.90 Å². The van der Waals surface area contributed by atoms with Crippen LogP contribution in [0.3, 0.4) is 0 Å². The zero-order valence-electron chi connectivity index (χ0n) is 15.0. The fourth-order valence-corrected chi connectivity index (χ4v) is 3.93. The number of rotatable bonds is 6. The van der Waals surface area contributed by atoms with E-state index < -0.39 is 15.6 Å². The number of hydrogen-bond donors (Lipinski definition) is 1. The van der Waals surface area contributed by atoms with E-state index in [1.54, 1.807) is 13.2 Å². The molecule has 8 heteroatoms. The van der Waals surface area contributed by atoms with Gasteiger partial charge in [-0.05, 0) is 37.1 Å². The quantitative estimate of drug-likeness (QED) is 0.768. The third-order valence-electron chi connectivity index (χ3n) is 4.74.